The Morgan fingerprint density at radius 1 is 1.19 bits per heavy atom. The van der Waals surface area contributed by atoms with Gasteiger partial charge in [0, 0.05) is 17.7 Å². The Kier molecular flexibility index (Phi) is 7.82. The maximum atomic E-state index is 12.3. The summed E-state index contributed by atoms with van der Waals surface area (Å²) in [7, 11) is 1.89. The number of hydrogen-bond acceptors (Lipinski definition) is 4. The lowest BCUT2D eigenvalue weighted by Gasteiger charge is -2.34. The number of carbonyl (C=O) groups is 1. The second-order valence-electron chi connectivity index (χ2n) is 6.29. The highest BCUT2D eigenvalue weighted by atomic mass is 16.5. The molecule has 1 atom stereocenters. The monoisotopic (exact) mass is 355 g/mol. The van der Waals surface area contributed by atoms with E-state index >= 15 is 0 Å². The van der Waals surface area contributed by atoms with Gasteiger partial charge in [-0.15, -0.1) is 0 Å². The number of hydrogen-bond donors (Lipinski definition) is 1. The van der Waals surface area contributed by atoms with E-state index in [2.05, 4.69) is 19.2 Å². The van der Waals surface area contributed by atoms with Gasteiger partial charge in [0.2, 0.25) is 0 Å². The summed E-state index contributed by atoms with van der Waals surface area (Å²) in [5, 5.41) is 3.26. The fourth-order valence-electron chi connectivity index (χ4n) is 2.72. The van der Waals surface area contributed by atoms with Gasteiger partial charge < -0.3 is 9.47 Å². The Morgan fingerprint density at radius 2 is 1.92 bits per heavy atom. The van der Waals surface area contributed by atoms with E-state index < -0.39 is 5.72 Å². The van der Waals surface area contributed by atoms with Crippen LogP contribution in [0.25, 0.3) is 0 Å². The number of likely N-dealkylation sites (N-methyl/N-ethyl adjacent to an activating group) is 1. The SMILES string of the molecule is CCCOC1=C(C=CC(=O)c2ccccc2)C=CC(NC)(OCCC)C1. The summed E-state index contributed by atoms with van der Waals surface area (Å²) in [5.41, 5.74) is 1.03. The number of rotatable bonds is 10. The molecule has 1 aliphatic rings. The van der Waals surface area contributed by atoms with Crippen LogP contribution in [-0.2, 0) is 9.47 Å². The molecule has 1 aliphatic carbocycles. The van der Waals surface area contributed by atoms with Crippen LogP contribution in [0, 0.1) is 0 Å². The third kappa shape index (κ3) is 5.41. The molecule has 2 rings (SSSR count). The third-order valence-electron chi connectivity index (χ3n) is 4.22. The third-order valence-corrected chi connectivity index (χ3v) is 4.22. The first-order chi connectivity index (χ1) is 12.6. The van der Waals surface area contributed by atoms with Crippen molar-refractivity contribution in [2.45, 2.75) is 38.8 Å². The summed E-state index contributed by atoms with van der Waals surface area (Å²) in [6.45, 7) is 5.47. The molecule has 0 saturated carbocycles. The molecule has 0 heterocycles. The van der Waals surface area contributed by atoms with Gasteiger partial charge in [-0.2, -0.15) is 0 Å². The summed E-state index contributed by atoms with van der Waals surface area (Å²) in [6, 6.07) is 9.26. The van der Waals surface area contributed by atoms with Crippen molar-refractivity contribution in [2.75, 3.05) is 20.3 Å². The van der Waals surface area contributed by atoms with Crippen molar-refractivity contribution < 1.29 is 14.3 Å². The van der Waals surface area contributed by atoms with Crippen LogP contribution in [0.2, 0.25) is 0 Å². The summed E-state index contributed by atoms with van der Waals surface area (Å²) >= 11 is 0. The van der Waals surface area contributed by atoms with Gasteiger partial charge in [-0.05, 0) is 38.1 Å². The zero-order valence-electron chi connectivity index (χ0n) is 16.0. The van der Waals surface area contributed by atoms with Crippen molar-refractivity contribution in [3.8, 4) is 0 Å². The number of allylic oxidation sites excluding steroid dienone is 4. The molecule has 0 bridgehead atoms. The van der Waals surface area contributed by atoms with E-state index in [0.717, 1.165) is 24.2 Å². The molecule has 1 N–H and O–H groups in total. The zero-order valence-corrected chi connectivity index (χ0v) is 16.0. The first-order valence-corrected chi connectivity index (χ1v) is 9.29. The van der Waals surface area contributed by atoms with E-state index in [4.69, 9.17) is 9.47 Å². The quantitative estimate of drug-likeness (QED) is 0.384. The number of ketones is 1. The first kappa shape index (κ1) is 20.1. The van der Waals surface area contributed by atoms with Crippen LogP contribution in [0.3, 0.4) is 0 Å². The standard InChI is InChI=1S/C22H29NO3/c1-4-15-25-21-17-22(23-3,26-16-5-2)14-13-19(21)11-12-20(24)18-9-7-6-8-10-18/h6-14,23H,4-5,15-17H2,1-3H3. The number of ether oxygens (including phenoxy) is 2. The van der Waals surface area contributed by atoms with Gasteiger partial charge in [0.25, 0.3) is 0 Å². The maximum Gasteiger partial charge on any atom is 0.185 e. The summed E-state index contributed by atoms with van der Waals surface area (Å²) < 4.78 is 12.0. The Bertz CT molecular complexity index is 676. The van der Waals surface area contributed by atoms with Gasteiger partial charge in [-0.1, -0.05) is 50.3 Å². The number of benzene rings is 1. The Hall–Kier alpha value is -2.17. The molecular formula is C22H29NO3. The molecule has 0 fully saturated rings. The average molecular weight is 355 g/mol. The zero-order chi connectivity index (χ0) is 18.8. The molecule has 26 heavy (non-hydrogen) atoms. The van der Waals surface area contributed by atoms with E-state index in [0.29, 0.717) is 25.2 Å². The topological polar surface area (TPSA) is 47.6 Å². The van der Waals surface area contributed by atoms with E-state index in [9.17, 15) is 4.79 Å². The predicted octanol–water partition coefficient (Wildman–Crippen LogP) is 4.41. The van der Waals surface area contributed by atoms with E-state index in [-0.39, 0.29) is 5.78 Å². The van der Waals surface area contributed by atoms with E-state index in [1.54, 1.807) is 6.08 Å². The number of carbonyl (C=O) groups excluding carboxylic acids is 1. The molecule has 0 amide bonds. The molecule has 0 radical (unpaired) electrons. The van der Waals surface area contributed by atoms with Crippen LogP contribution in [0.15, 0.2) is 66.0 Å². The molecule has 4 nitrogen and oxygen atoms in total. The van der Waals surface area contributed by atoms with Crippen molar-refractivity contribution in [3.63, 3.8) is 0 Å². The van der Waals surface area contributed by atoms with Gasteiger partial charge in [-0.3, -0.25) is 10.1 Å². The summed E-state index contributed by atoms with van der Waals surface area (Å²) in [4.78, 5) is 12.3. The van der Waals surface area contributed by atoms with Gasteiger partial charge in [0.15, 0.2) is 5.78 Å². The van der Waals surface area contributed by atoms with Gasteiger partial charge in [-0.25, -0.2) is 0 Å². The fraction of sp³-hybridized carbons (Fsp3) is 0.409. The van der Waals surface area contributed by atoms with Crippen molar-refractivity contribution in [1.29, 1.82) is 0 Å². The van der Waals surface area contributed by atoms with Gasteiger partial charge in [0.05, 0.1) is 13.0 Å². The molecule has 4 heteroatoms. The highest BCUT2D eigenvalue weighted by Crippen LogP contribution is 2.30. The van der Waals surface area contributed by atoms with Crippen molar-refractivity contribution in [1.82, 2.24) is 5.32 Å². The van der Waals surface area contributed by atoms with Crippen molar-refractivity contribution >= 4 is 5.78 Å². The predicted molar refractivity (Wildman–Crippen MR) is 105 cm³/mol. The Labute approximate surface area is 156 Å². The summed E-state index contributed by atoms with van der Waals surface area (Å²) in [6.07, 6.45) is 9.88. The van der Waals surface area contributed by atoms with Crippen molar-refractivity contribution in [3.05, 3.63) is 71.5 Å². The van der Waals surface area contributed by atoms with Gasteiger partial charge >= 0.3 is 0 Å². The highest BCUT2D eigenvalue weighted by Gasteiger charge is 2.31. The minimum absolute atomic E-state index is 0.0194. The Morgan fingerprint density at radius 3 is 2.58 bits per heavy atom. The molecule has 0 aliphatic heterocycles. The van der Waals surface area contributed by atoms with Crippen LogP contribution in [0.5, 0.6) is 0 Å². The maximum absolute atomic E-state index is 12.3. The second-order valence-corrected chi connectivity index (χ2v) is 6.29. The van der Waals surface area contributed by atoms with Crippen molar-refractivity contribution in [2.24, 2.45) is 0 Å². The Balaban J connectivity index is 2.20. The first-order valence-electron chi connectivity index (χ1n) is 9.29. The highest BCUT2D eigenvalue weighted by molar-refractivity contribution is 6.04. The van der Waals surface area contributed by atoms with Crippen LogP contribution in [-0.4, -0.2) is 31.8 Å². The normalized spacial score (nSPS) is 20.0. The summed E-state index contributed by atoms with van der Waals surface area (Å²) in [5.74, 6) is 0.825. The molecule has 0 spiro atoms. The molecule has 1 aromatic rings. The minimum atomic E-state index is -0.556. The molecule has 140 valence electrons. The van der Waals surface area contributed by atoms with E-state index in [1.165, 1.54) is 0 Å². The molecule has 1 aromatic carbocycles. The lowest BCUT2D eigenvalue weighted by Crippen LogP contribution is -2.45. The van der Waals surface area contributed by atoms with Crippen LogP contribution in [0.4, 0.5) is 0 Å². The van der Waals surface area contributed by atoms with E-state index in [1.807, 2.05) is 55.6 Å². The van der Waals surface area contributed by atoms with Crippen LogP contribution in [0.1, 0.15) is 43.5 Å². The molecular weight excluding hydrogens is 326 g/mol. The van der Waals surface area contributed by atoms with Gasteiger partial charge in [0.1, 0.15) is 11.5 Å². The van der Waals surface area contributed by atoms with Crippen LogP contribution >= 0.6 is 0 Å². The molecule has 1 unspecified atom stereocenters. The smallest absolute Gasteiger partial charge is 0.185 e. The molecule has 0 saturated heterocycles. The fourth-order valence-corrected chi connectivity index (χ4v) is 2.72. The number of nitrogens with one attached hydrogen (secondary N) is 1. The average Bonchev–Trinajstić information content (AvgIpc) is 2.70. The molecule has 0 aromatic heterocycles. The lowest BCUT2D eigenvalue weighted by atomic mass is 9.96. The largest absolute Gasteiger partial charge is 0.497 e. The lowest BCUT2D eigenvalue weighted by molar-refractivity contribution is -0.0388. The van der Waals surface area contributed by atoms with Crippen LogP contribution < -0.4 is 5.32 Å². The second kappa shape index (κ2) is 10.1. The minimum Gasteiger partial charge on any atom is -0.497 e.